The number of allylic oxidation sites excluding steroid dienone is 2. The Morgan fingerprint density at radius 2 is 2.30 bits per heavy atom. The lowest BCUT2D eigenvalue weighted by molar-refractivity contribution is 0.842. The summed E-state index contributed by atoms with van der Waals surface area (Å²) in [6.45, 7) is 9.67. The molecule has 0 saturated carbocycles. The summed E-state index contributed by atoms with van der Waals surface area (Å²) in [6.07, 6.45) is 7.20. The Balaban J connectivity index is 2.16. The first-order valence-electron chi connectivity index (χ1n) is 6.65. The van der Waals surface area contributed by atoms with Gasteiger partial charge in [0.2, 0.25) is 0 Å². The molecule has 0 fully saturated rings. The SMILES string of the molecule is [C-]#[N+]C1=C(CCC)Nc2[nH]ncc2C1c1cccnc1. The number of pyridine rings is 1. The lowest BCUT2D eigenvalue weighted by atomic mass is 9.87. The quantitative estimate of drug-likeness (QED) is 0.837. The Labute approximate surface area is 117 Å². The molecule has 3 heterocycles. The molecule has 0 bridgehead atoms. The highest BCUT2D eigenvalue weighted by molar-refractivity contribution is 5.62. The maximum atomic E-state index is 7.56. The molecule has 20 heavy (non-hydrogen) atoms. The van der Waals surface area contributed by atoms with Crippen LogP contribution in [0.1, 0.15) is 36.8 Å². The summed E-state index contributed by atoms with van der Waals surface area (Å²) in [5.41, 5.74) is 3.75. The smallest absolute Gasteiger partial charge is 0.196 e. The minimum Gasteiger partial charge on any atom is -0.354 e. The van der Waals surface area contributed by atoms with Crippen LogP contribution in [0.3, 0.4) is 0 Å². The van der Waals surface area contributed by atoms with Gasteiger partial charge in [-0.25, -0.2) is 4.85 Å². The molecule has 0 aromatic carbocycles. The first-order valence-corrected chi connectivity index (χ1v) is 6.65. The van der Waals surface area contributed by atoms with Gasteiger partial charge in [0.15, 0.2) is 5.70 Å². The van der Waals surface area contributed by atoms with Crippen molar-refractivity contribution < 1.29 is 0 Å². The molecule has 0 spiro atoms. The van der Waals surface area contributed by atoms with Gasteiger partial charge in [-0.2, -0.15) is 5.10 Å². The number of aromatic nitrogens is 3. The summed E-state index contributed by atoms with van der Waals surface area (Å²) in [6, 6.07) is 3.91. The molecule has 1 aliphatic heterocycles. The normalized spacial score (nSPS) is 17.3. The van der Waals surface area contributed by atoms with Crippen LogP contribution in [0.25, 0.3) is 4.85 Å². The van der Waals surface area contributed by atoms with Gasteiger partial charge in [-0.1, -0.05) is 19.4 Å². The fourth-order valence-electron chi connectivity index (χ4n) is 2.61. The molecule has 3 rings (SSSR count). The number of hydrogen-bond donors (Lipinski definition) is 2. The Hall–Kier alpha value is -2.61. The summed E-state index contributed by atoms with van der Waals surface area (Å²) in [5.74, 6) is 0.799. The topological polar surface area (TPSA) is 58.0 Å². The molecule has 1 unspecified atom stereocenters. The lowest BCUT2D eigenvalue weighted by Crippen LogP contribution is -2.17. The molecule has 0 aliphatic carbocycles. The molecule has 2 aromatic rings. The van der Waals surface area contributed by atoms with Crippen molar-refractivity contribution in [3.63, 3.8) is 0 Å². The average molecular weight is 265 g/mol. The summed E-state index contributed by atoms with van der Waals surface area (Å²) in [7, 11) is 0. The molecule has 0 saturated heterocycles. The third-order valence-corrected chi connectivity index (χ3v) is 3.48. The van der Waals surface area contributed by atoms with Gasteiger partial charge < -0.3 is 5.32 Å². The van der Waals surface area contributed by atoms with E-state index in [1.807, 2.05) is 18.3 Å². The van der Waals surface area contributed by atoms with Crippen molar-refractivity contribution in [1.29, 1.82) is 0 Å². The number of fused-ring (bicyclic) bond motifs is 1. The monoisotopic (exact) mass is 265 g/mol. The van der Waals surface area contributed by atoms with Crippen LogP contribution in [0.5, 0.6) is 0 Å². The maximum Gasteiger partial charge on any atom is 0.196 e. The fraction of sp³-hybridized carbons (Fsp3) is 0.267. The van der Waals surface area contributed by atoms with Crippen LogP contribution in [-0.4, -0.2) is 15.2 Å². The third kappa shape index (κ3) is 1.95. The summed E-state index contributed by atoms with van der Waals surface area (Å²) in [4.78, 5) is 7.96. The highest BCUT2D eigenvalue weighted by Gasteiger charge is 2.31. The van der Waals surface area contributed by atoms with Gasteiger partial charge in [-0.05, 0) is 18.1 Å². The van der Waals surface area contributed by atoms with Crippen LogP contribution in [0, 0.1) is 6.57 Å². The number of anilines is 1. The van der Waals surface area contributed by atoms with E-state index in [9.17, 15) is 0 Å². The van der Waals surface area contributed by atoms with Crippen molar-refractivity contribution >= 4 is 5.82 Å². The van der Waals surface area contributed by atoms with E-state index in [0.717, 1.165) is 41.2 Å². The van der Waals surface area contributed by atoms with Gasteiger partial charge in [0.25, 0.3) is 0 Å². The number of nitrogens with zero attached hydrogens (tertiary/aromatic N) is 3. The van der Waals surface area contributed by atoms with Gasteiger partial charge in [-0.3, -0.25) is 10.1 Å². The van der Waals surface area contributed by atoms with Crippen molar-refractivity contribution in [1.82, 2.24) is 15.2 Å². The molecule has 2 aromatic heterocycles. The van der Waals surface area contributed by atoms with E-state index < -0.39 is 0 Å². The van der Waals surface area contributed by atoms with E-state index in [1.165, 1.54) is 0 Å². The zero-order chi connectivity index (χ0) is 13.9. The molecule has 100 valence electrons. The number of H-pyrrole nitrogens is 1. The minimum absolute atomic E-state index is 0.0854. The molecule has 5 nitrogen and oxygen atoms in total. The second-order valence-electron chi connectivity index (χ2n) is 4.77. The molecule has 2 N–H and O–H groups in total. The van der Waals surface area contributed by atoms with Crippen molar-refractivity contribution in [2.45, 2.75) is 25.7 Å². The zero-order valence-corrected chi connectivity index (χ0v) is 11.2. The van der Waals surface area contributed by atoms with Crippen molar-refractivity contribution in [3.8, 4) is 0 Å². The second kappa shape index (κ2) is 5.17. The highest BCUT2D eigenvalue weighted by Crippen LogP contribution is 2.41. The van der Waals surface area contributed by atoms with Crippen LogP contribution in [0.4, 0.5) is 5.82 Å². The van der Waals surface area contributed by atoms with Crippen LogP contribution in [0.2, 0.25) is 0 Å². The van der Waals surface area contributed by atoms with E-state index in [0.29, 0.717) is 0 Å². The predicted molar refractivity (Wildman–Crippen MR) is 76.8 cm³/mol. The highest BCUT2D eigenvalue weighted by atomic mass is 15.2. The van der Waals surface area contributed by atoms with Crippen LogP contribution in [0.15, 0.2) is 42.1 Å². The molecular weight excluding hydrogens is 250 g/mol. The van der Waals surface area contributed by atoms with Crippen LogP contribution in [-0.2, 0) is 0 Å². The van der Waals surface area contributed by atoms with Crippen LogP contribution >= 0.6 is 0 Å². The first-order chi connectivity index (χ1) is 9.85. The summed E-state index contributed by atoms with van der Waals surface area (Å²) < 4.78 is 0. The number of rotatable bonds is 3. The molecule has 1 aliphatic rings. The predicted octanol–water partition coefficient (Wildman–Crippen LogP) is 3.29. The largest absolute Gasteiger partial charge is 0.354 e. The van der Waals surface area contributed by atoms with Gasteiger partial charge in [0.1, 0.15) is 5.82 Å². The van der Waals surface area contributed by atoms with Crippen LogP contribution < -0.4 is 5.32 Å². The second-order valence-corrected chi connectivity index (χ2v) is 4.77. The fourth-order valence-corrected chi connectivity index (χ4v) is 2.61. The van der Waals surface area contributed by atoms with Gasteiger partial charge >= 0.3 is 0 Å². The Morgan fingerprint density at radius 1 is 1.40 bits per heavy atom. The van der Waals surface area contributed by atoms with E-state index in [1.54, 1.807) is 12.4 Å². The van der Waals surface area contributed by atoms with E-state index in [-0.39, 0.29) is 5.92 Å². The Bertz CT molecular complexity index is 678. The molecule has 0 radical (unpaired) electrons. The lowest BCUT2D eigenvalue weighted by Gasteiger charge is -2.25. The third-order valence-electron chi connectivity index (χ3n) is 3.48. The Kier molecular flexibility index (Phi) is 3.21. The average Bonchev–Trinajstić information content (AvgIpc) is 2.95. The molecular formula is C15H15N5. The first kappa shape index (κ1) is 12.4. The summed E-state index contributed by atoms with van der Waals surface area (Å²) >= 11 is 0. The minimum atomic E-state index is -0.0854. The van der Waals surface area contributed by atoms with Crippen molar-refractivity contribution in [3.05, 3.63) is 64.7 Å². The number of aromatic amines is 1. The van der Waals surface area contributed by atoms with Crippen molar-refractivity contribution in [2.75, 3.05) is 5.32 Å². The standard InChI is InChI=1S/C15H15N5/c1-3-5-12-14(16-2)13(10-6-4-7-17-8-10)11-9-18-20-15(11)19-12/h4,6-9,13H,3,5H2,1H3,(H2,18,19,20). The molecule has 5 heteroatoms. The van der Waals surface area contributed by atoms with Gasteiger partial charge in [0.05, 0.1) is 18.7 Å². The molecule has 0 amide bonds. The van der Waals surface area contributed by atoms with Crippen molar-refractivity contribution in [2.24, 2.45) is 0 Å². The van der Waals surface area contributed by atoms with E-state index in [2.05, 4.69) is 32.3 Å². The zero-order valence-electron chi connectivity index (χ0n) is 11.2. The molecule has 1 atom stereocenters. The van der Waals surface area contributed by atoms with Gasteiger partial charge in [-0.15, -0.1) is 0 Å². The van der Waals surface area contributed by atoms with Gasteiger partial charge in [0, 0.05) is 23.7 Å². The van der Waals surface area contributed by atoms with E-state index in [4.69, 9.17) is 6.57 Å². The number of nitrogens with one attached hydrogen (secondary N) is 2. The van der Waals surface area contributed by atoms with E-state index >= 15 is 0 Å². The summed E-state index contributed by atoms with van der Waals surface area (Å²) in [5, 5.41) is 10.4. The Morgan fingerprint density at radius 3 is 3.00 bits per heavy atom. The maximum absolute atomic E-state index is 7.56. The number of hydrogen-bond acceptors (Lipinski definition) is 3.